The van der Waals surface area contributed by atoms with Gasteiger partial charge in [0, 0.05) is 16.2 Å². The highest BCUT2D eigenvalue weighted by Gasteiger charge is 2.24. The van der Waals surface area contributed by atoms with Crippen LogP contribution in [0.5, 0.6) is 0 Å². The van der Waals surface area contributed by atoms with Crippen LogP contribution in [0.1, 0.15) is 19.3 Å². The molecule has 1 aromatic rings. The molecule has 1 aliphatic carbocycles. The fourth-order valence-corrected chi connectivity index (χ4v) is 3.31. The van der Waals surface area contributed by atoms with E-state index in [1.54, 1.807) is 17.8 Å². The number of nitrogens with one attached hydrogen (secondary N) is 1. The molecule has 1 aliphatic rings. The zero-order valence-electron chi connectivity index (χ0n) is 8.87. The maximum atomic E-state index is 13.4. The second-order valence-corrected chi connectivity index (χ2v) is 5.31. The highest BCUT2D eigenvalue weighted by atomic mass is 32.2. The molecule has 1 nitrogen and oxygen atoms in total. The number of hydrogen-bond acceptors (Lipinski definition) is 2. The summed E-state index contributed by atoms with van der Waals surface area (Å²) in [4.78, 5) is 0.791. The maximum absolute atomic E-state index is 13.4. The SMILES string of the molecule is CNC1CCC(Sc2ccccc2F)C1. The second-order valence-electron chi connectivity index (χ2n) is 3.97. The summed E-state index contributed by atoms with van der Waals surface area (Å²) >= 11 is 1.68. The minimum absolute atomic E-state index is 0.0876. The van der Waals surface area contributed by atoms with E-state index in [1.165, 1.54) is 18.9 Å². The van der Waals surface area contributed by atoms with E-state index in [1.807, 2.05) is 19.2 Å². The van der Waals surface area contributed by atoms with Crippen LogP contribution < -0.4 is 5.32 Å². The monoisotopic (exact) mass is 225 g/mol. The van der Waals surface area contributed by atoms with Crippen molar-refractivity contribution in [1.82, 2.24) is 5.32 Å². The first-order valence-electron chi connectivity index (χ1n) is 5.38. The number of hydrogen-bond donors (Lipinski definition) is 1. The van der Waals surface area contributed by atoms with Crippen LogP contribution in [0.25, 0.3) is 0 Å². The summed E-state index contributed by atoms with van der Waals surface area (Å²) in [6.07, 6.45) is 3.54. The fourth-order valence-electron chi connectivity index (χ4n) is 2.03. The van der Waals surface area contributed by atoms with E-state index < -0.39 is 0 Å². The lowest BCUT2D eigenvalue weighted by Crippen LogP contribution is -2.21. The van der Waals surface area contributed by atoms with Gasteiger partial charge in [-0.2, -0.15) is 0 Å². The molecule has 0 amide bonds. The molecule has 1 N–H and O–H groups in total. The molecule has 0 radical (unpaired) electrons. The minimum Gasteiger partial charge on any atom is -0.317 e. The number of benzene rings is 1. The molecule has 3 heteroatoms. The summed E-state index contributed by atoms with van der Waals surface area (Å²) in [5, 5.41) is 3.86. The average molecular weight is 225 g/mol. The van der Waals surface area contributed by atoms with Crippen LogP contribution >= 0.6 is 11.8 Å². The topological polar surface area (TPSA) is 12.0 Å². The third-order valence-electron chi connectivity index (χ3n) is 2.92. The van der Waals surface area contributed by atoms with E-state index >= 15 is 0 Å². The normalized spacial score (nSPS) is 25.7. The van der Waals surface area contributed by atoms with Crippen molar-refractivity contribution in [1.29, 1.82) is 0 Å². The molecule has 2 unspecified atom stereocenters. The molecule has 0 saturated heterocycles. The van der Waals surface area contributed by atoms with E-state index in [0.717, 1.165) is 11.3 Å². The number of halogens is 1. The summed E-state index contributed by atoms with van der Waals surface area (Å²) in [6.45, 7) is 0. The second kappa shape index (κ2) is 4.99. The van der Waals surface area contributed by atoms with Crippen molar-refractivity contribution < 1.29 is 4.39 Å². The van der Waals surface area contributed by atoms with Gasteiger partial charge in [-0.3, -0.25) is 0 Å². The Morgan fingerprint density at radius 1 is 1.33 bits per heavy atom. The largest absolute Gasteiger partial charge is 0.317 e. The maximum Gasteiger partial charge on any atom is 0.136 e. The Labute approximate surface area is 94.5 Å². The minimum atomic E-state index is -0.0876. The first-order valence-corrected chi connectivity index (χ1v) is 6.26. The van der Waals surface area contributed by atoms with Crippen LogP contribution in [0, 0.1) is 5.82 Å². The van der Waals surface area contributed by atoms with Crippen LogP contribution in [0.3, 0.4) is 0 Å². The van der Waals surface area contributed by atoms with Gasteiger partial charge in [0.15, 0.2) is 0 Å². The molecule has 82 valence electrons. The van der Waals surface area contributed by atoms with E-state index in [-0.39, 0.29) is 5.82 Å². The Morgan fingerprint density at radius 3 is 2.80 bits per heavy atom. The van der Waals surface area contributed by atoms with Gasteiger partial charge in [0.25, 0.3) is 0 Å². The van der Waals surface area contributed by atoms with Crippen LogP contribution in [-0.2, 0) is 0 Å². The quantitative estimate of drug-likeness (QED) is 0.848. The van der Waals surface area contributed by atoms with Crippen molar-refractivity contribution in [3.05, 3.63) is 30.1 Å². The Bertz CT molecular complexity index is 329. The van der Waals surface area contributed by atoms with Crippen LogP contribution in [0.15, 0.2) is 29.2 Å². The molecular formula is C12H16FNS. The molecule has 1 aromatic carbocycles. The molecule has 0 bridgehead atoms. The molecule has 1 fully saturated rings. The predicted octanol–water partition coefficient (Wildman–Crippen LogP) is 3.06. The van der Waals surface area contributed by atoms with Crippen molar-refractivity contribution in [2.24, 2.45) is 0 Å². The van der Waals surface area contributed by atoms with E-state index in [9.17, 15) is 4.39 Å². The summed E-state index contributed by atoms with van der Waals surface area (Å²) in [5.74, 6) is -0.0876. The third kappa shape index (κ3) is 2.73. The van der Waals surface area contributed by atoms with Crippen LogP contribution in [0.4, 0.5) is 4.39 Å². The standard InChI is InChI=1S/C12H16FNS/c1-14-9-6-7-10(8-9)15-12-5-3-2-4-11(12)13/h2-5,9-10,14H,6-8H2,1H3. The summed E-state index contributed by atoms with van der Waals surface area (Å²) in [5.41, 5.74) is 0. The Morgan fingerprint density at radius 2 is 2.13 bits per heavy atom. The summed E-state index contributed by atoms with van der Waals surface area (Å²) in [6, 6.07) is 7.66. The van der Waals surface area contributed by atoms with Crippen LogP contribution in [0.2, 0.25) is 0 Å². The highest BCUT2D eigenvalue weighted by Crippen LogP contribution is 2.35. The lowest BCUT2D eigenvalue weighted by molar-refractivity contribution is 0.582. The molecule has 2 atom stereocenters. The van der Waals surface area contributed by atoms with E-state index in [0.29, 0.717) is 11.3 Å². The van der Waals surface area contributed by atoms with Gasteiger partial charge in [0.1, 0.15) is 5.82 Å². The molecule has 1 saturated carbocycles. The number of rotatable bonds is 3. The molecule has 2 rings (SSSR count). The lowest BCUT2D eigenvalue weighted by Gasteiger charge is -2.10. The van der Waals surface area contributed by atoms with Gasteiger partial charge in [0.05, 0.1) is 0 Å². The molecule has 0 aliphatic heterocycles. The van der Waals surface area contributed by atoms with Gasteiger partial charge in [0.2, 0.25) is 0 Å². The first-order chi connectivity index (χ1) is 7.29. The van der Waals surface area contributed by atoms with Gasteiger partial charge < -0.3 is 5.32 Å². The summed E-state index contributed by atoms with van der Waals surface area (Å²) < 4.78 is 13.4. The zero-order chi connectivity index (χ0) is 10.7. The van der Waals surface area contributed by atoms with Crippen molar-refractivity contribution >= 4 is 11.8 Å². The highest BCUT2D eigenvalue weighted by molar-refractivity contribution is 8.00. The predicted molar refractivity (Wildman–Crippen MR) is 62.7 cm³/mol. The van der Waals surface area contributed by atoms with Crippen molar-refractivity contribution in [2.45, 2.75) is 35.4 Å². The van der Waals surface area contributed by atoms with Crippen LogP contribution in [-0.4, -0.2) is 18.3 Å². The molecule has 0 spiro atoms. The molecule has 0 heterocycles. The molecule has 0 aromatic heterocycles. The molecule has 15 heavy (non-hydrogen) atoms. The van der Waals surface area contributed by atoms with Gasteiger partial charge in [-0.15, -0.1) is 11.8 Å². The lowest BCUT2D eigenvalue weighted by atomic mass is 10.3. The van der Waals surface area contributed by atoms with Crippen molar-refractivity contribution in [3.63, 3.8) is 0 Å². The Hall–Kier alpha value is -0.540. The van der Waals surface area contributed by atoms with Gasteiger partial charge >= 0.3 is 0 Å². The van der Waals surface area contributed by atoms with Gasteiger partial charge in [-0.25, -0.2) is 4.39 Å². The van der Waals surface area contributed by atoms with Gasteiger partial charge in [-0.1, -0.05) is 12.1 Å². The zero-order valence-corrected chi connectivity index (χ0v) is 9.69. The molecular weight excluding hydrogens is 209 g/mol. The van der Waals surface area contributed by atoms with Crippen molar-refractivity contribution in [2.75, 3.05) is 7.05 Å². The average Bonchev–Trinajstić information content (AvgIpc) is 2.69. The third-order valence-corrected chi connectivity index (χ3v) is 4.27. The van der Waals surface area contributed by atoms with E-state index in [2.05, 4.69) is 5.32 Å². The number of thioether (sulfide) groups is 1. The smallest absolute Gasteiger partial charge is 0.136 e. The first kappa shape index (κ1) is 11.0. The summed E-state index contributed by atoms with van der Waals surface area (Å²) in [7, 11) is 2.00. The Balaban J connectivity index is 1.96. The Kier molecular flexibility index (Phi) is 3.65. The van der Waals surface area contributed by atoms with Gasteiger partial charge in [-0.05, 0) is 38.4 Å². The fraction of sp³-hybridized carbons (Fsp3) is 0.500. The van der Waals surface area contributed by atoms with E-state index in [4.69, 9.17) is 0 Å². The van der Waals surface area contributed by atoms with Crippen molar-refractivity contribution in [3.8, 4) is 0 Å².